The van der Waals surface area contributed by atoms with Gasteiger partial charge in [0.15, 0.2) is 5.16 Å². The highest BCUT2D eigenvalue weighted by molar-refractivity contribution is 8.00. The fourth-order valence-electron chi connectivity index (χ4n) is 2.32. The summed E-state index contributed by atoms with van der Waals surface area (Å²) in [6.07, 6.45) is 0. The number of hydrogen-bond acceptors (Lipinski definition) is 6. The third-order valence-corrected chi connectivity index (χ3v) is 5.36. The Morgan fingerprint density at radius 3 is 2.70 bits per heavy atom. The van der Waals surface area contributed by atoms with Gasteiger partial charge in [0.05, 0.1) is 11.4 Å². The molecule has 0 bridgehead atoms. The van der Waals surface area contributed by atoms with Crippen LogP contribution in [-0.4, -0.2) is 21.2 Å². The molecule has 3 rings (SSSR count). The Morgan fingerprint density at radius 1 is 1.35 bits per heavy atom. The number of carbonyl (C=O) groups excluding carboxylic acids is 1. The van der Waals surface area contributed by atoms with Crippen molar-refractivity contribution in [2.75, 3.05) is 0 Å². The molecule has 0 saturated heterocycles. The largest absolute Gasteiger partial charge is 0.549 e. The highest BCUT2D eigenvalue weighted by Gasteiger charge is 2.17. The number of thioether (sulfide) groups is 1. The number of aliphatic carboxylic acids is 1. The van der Waals surface area contributed by atoms with E-state index < -0.39 is 11.2 Å². The highest BCUT2D eigenvalue weighted by atomic mass is 32.2. The number of fused-ring (bicyclic) bond motifs is 1. The molecular weight excluding hydrogens is 332 g/mol. The van der Waals surface area contributed by atoms with Gasteiger partial charge in [0.2, 0.25) is 0 Å². The van der Waals surface area contributed by atoms with E-state index in [1.807, 2.05) is 37.3 Å². The number of hydrogen-bond donors (Lipinski definition) is 1. The van der Waals surface area contributed by atoms with Gasteiger partial charge in [-0.3, -0.25) is 4.79 Å². The zero-order chi connectivity index (χ0) is 16.6. The van der Waals surface area contributed by atoms with Gasteiger partial charge in [-0.15, -0.1) is 11.3 Å². The van der Waals surface area contributed by atoms with E-state index in [-0.39, 0.29) is 5.56 Å². The zero-order valence-corrected chi connectivity index (χ0v) is 14.1. The molecule has 0 amide bonds. The number of H-pyrrole nitrogens is 1. The van der Waals surface area contributed by atoms with Gasteiger partial charge in [0.25, 0.3) is 5.56 Å². The summed E-state index contributed by atoms with van der Waals surface area (Å²) in [6.45, 7) is 3.45. The fourth-order valence-corrected chi connectivity index (χ4v) is 4.15. The normalized spacial score (nSPS) is 12.4. The summed E-state index contributed by atoms with van der Waals surface area (Å²) in [6, 6.07) is 9.67. The van der Waals surface area contributed by atoms with Crippen LogP contribution in [0.2, 0.25) is 0 Å². The van der Waals surface area contributed by atoms with Gasteiger partial charge < -0.3 is 14.9 Å². The number of carboxylic acids is 1. The molecule has 3 aromatic rings. The average Bonchev–Trinajstić information content (AvgIpc) is 2.84. The van der Waals surface area contributed by atoms with E-state index in [9.17, 15) is 14.7 Å². The van der Waals surface area contributed by atoms with E-state index >= 15 is 0 Å². The molecule has 118 valence electrons. The Morgan fingerprint density at radius 2 is 2.04 bits per heavy atom. The van der Waals surface area contributed by atoms with Crippen molar-refractivity contribution < 1.29 is 9.90 Å². The van der Waals surface area contributed by atoms with Crippen molar-refractivity contribution in [2.24, 2.45) is 0 Å². The Kier molecular flexibility index (Phi) is 4.23. The molecule has 2 heterocycles. The van der Waals surface area contributed by atoms with Crippen molar-refractivity contribution in [1.29, 1.82) is 0 Å². The first-order valence-corrected chi connectivity index (χ1v) is 8.63. The average molecular weight is 345 g/mol. The van der Waals surface area contributed by atoms with E-state index in [1.54, 1.807) is 0 Å². The summed E-state index contributed by atoms with van der Waals surface area (Å²) in [5.74, 6) is -1.19. The maximum absolute atomic E-state index is 12.5. The number of thiophene rings is 1. The van der Waals surface area contributed by atoms with Gasteiger partial charge in [0.1, 0.15) is 4.83 Å². The molecule has 0 radical (unpaired) electrons. The number of nitrogens with one attached hydrogen (secondary N) is 1. The molecule has 0 spiro atoms. The molecule has 0 aliphatic rings. The maximum atomic E-state index is 12.5. The highest BCUT2D eigenvalue weighted by Crippen LogP contribution is 2.36. The van der Waals surface area contributed by atoms with Crippen LogP contribution < -0.4 is 10.7 Å². The standard InChI is InChI=1S/C16H14N2O3S2/c1-8-11(10-6-4-3-5-7-10)12-13(19)17-16(18-14(12)22-8)23-9(2)15(20)21/h3-7,9H,1-2H3,(H,20,21)(H,17,18,19)/p-1/t9-/m0/s1. The molecular formula is C16H13N2O3S2-. The summed E-state index contributed by atoms with van der Waals surface area (Å²) in [5, 5.41) is 10.9. The predicted molar refractivity (Wildman–Crippen MR) is 90.7 cm³/mol. The van der Waals surface area contributed by atoms with Gasteiger partial charge in [-0.05, 0) is 19.4 Å². The second-order valence-corrected chi connectivity index (χ2v) is 7.56. The summed E-state index contributed by atoms with van der Waals surface area (Å²) < 4.78 is 0. The lowest BCUT2D eigenvalue weighted by molar-refractivity contribution is -0.304. The Balaban J connectivity index is 2.15. The van der Waals surface area contributed by atoms with Gasteiger partial charge in [-0.25, -0.2) is 4.98 Å². The van der Waals surface area contributed by atoms with E-state index in [0.29, 0.717) is 15.4 Å². The molecule has 7 heteroatoms. The van der Waals surface area contributed by atoms with Crippen LogP contribution in [0.5, 0.6) is 0 Å². The van der Waals surface area contributed by atoms with Crippen LogP contribution in [0, 0.1) is 6.92 Å². The lowest BCUT2D eigenvalue weighted by Crippen LogP contribution is -2.31. The molecule has 0 fully saturated rings. The molecule has 1 aromatic carbocycles. The van der Waals surface area contributed by atoms with E-state index in [0.717, 1.165) is 27.8 Å². The minimum Gasteiger partial charge on any atom is -0.549 e. The summed E-state index contributed by atoms with van der Waals surface area (Å²) >= 11 is 2.40. The van der Waals surface area contributed by atoms with Crippen LogP contribution >= 0.6 is 23.1 Å². The fraction of sp³-hybridized carbons (Fsp3) is 0.188. The van der Waals surface area contributed by atoms with Crippen molar-refractivity contribution in [3.8, 4) is 11.1 Å². The number of aromatic nitrogens is 2. The van der Waals surface area contributed by atoms with Crippen molar-refractivity contribution in [1.82, 2.24) is 9.97 Å². The first-order chi connectivity index (χ1) is 11.0. The van der Waals surface area contributed by atoms with Crippen molar-refractivity contribution in [3.05, 3.63) is 45.6 Å². The van der Waals surface area contributed by atoms with Crippen molar-refractivity contribution in [3.63, 3.8) is 0 Å². The minimum absolute atomic E-state index is 0.258. The third kappa shape index (κ3) is 3.02. The number of nitrogens with zero attached hydrogens (tertiary/aromatic N) is 1. The second-order valence-electron chi connectivity index (χ2n) is 5.03. The van der Waals surface area contributed by atoms with Crippen LogP contribution in [0.1, 0.15) is 11.8 Å². The van der Waals surface area contributed by atoms with Crippen LogP contribution in [0.3, 0.4) is 0 Å². The number of aromatic amines is 1. The van der Waals surface area contributed by atoms with Crippen molar-refractivity contribution in [2.45, 2.75) is 24.3 Å². The predicted octanol–water partition coefficient (Wildman–Crippen LogP) is 2.19. The SMILES string of the molecule is Cc1sc2nc(S[C@@H](C)C(=O)[O-])[nH]c(=O)c2c1-c1ccccc1. The Hall–Kier alpha value is -2.12. The zero-order valence-electron chi connectivity index (χ0n) is 12.5. The van der Waals surface area contributed by atoms with E-state index in [2.05, 4.69) is 9.97 Å². The van der Waals surface area contributed by atoms with E-state index in [1.165, 1.54) is 18.3 Å². The molecule has 0 aliphatic heterocycles. The quantitative estimate of drug-likeness (QED) is 0.579. The van der Waals surface area contributed by atoms with Gasteiger partial charge >= 0.3 is 0 Å². The summed E-state index contributed by atoms with van der Waals surface area (Å²) in [7, 11) is 0. The first-order valence-electron chi connectivity index (χ1n) is 6.93. The minimum atomic E-state index is -1.19. The second kappa shape index (κ2) is 6.17. The van der Waals surface area contributed by atoms with Gasteiger partial charge in [-0.1, -0.05) is 42.1 Å². The number of benzene rings is 1. The Labute approximate surface area is 140 Å². The molecule has 0 unspecified atom stereocenters. The van der Waals surface area contributed by atoms with Crippen LogP contribution in [0.15, 0.2) is 40.3 Å². The molecule has 1 atom stereocenters. The maximum Gasteiger partial charge on any atom is 0.260 e. The number of carboxylic acid groups (broad SMARTS) is 1. The monoisotopic (exact) mass is 345 g/mol. The third-order valence-electron chi connectivity index (χ3n) is 3.40. The van der Waals surface area contributed by atoms with Crippen LogP contribution in [0.25, 0.3) is 21.3 Å². The Bertz CT molecular complexity index is 932. The smallest absolute Gasteiger partial charge is 0.260 e. The van der Waals surface area contributed by atoms with Gasteiger partial charge in [0, 0.05) is 15.7 Å². The molecule has 0 saturated carbocycles. The van der Waals surface area contributed by atoms with Crippen LogP contribution in [0.4, 0.5) is 0 Å². The number of carbonyl (C=O) groups is 1. The molecule has 0 aliphatic carbocycles. The van der Waals surface area contributed by atoms with Crippen LogP contribution in [-0.2, 0) is 4.79 Å². The molecule has 5 nitrogen and oxygen atoms in total. The number of aryl methyl sites for hydroxylation is 1. The summed E-state index contributed by atoms with van der Waals surface area (Å²) in [4.78, 5) is 32.0. The van der Waals surface area contributed by atoms with Crippen molar-refractivity contribution >= 4 is 39.3 Å². The molecule has 2 aromatic heterocycles. The van der Waals surface area contributed by atoms with E-state index in [4.69, 9.17) is 0 Å². The topological polar surface area (TPSA) is 85.9 Å². The number of rotatable bonds is 4. The lowest BCUT2D eigenvalue weighted by Gasteiger charge is -2.10. The molecule has 1 N–H and O–H groups in total. The summed E-state index contributed by atoms with van der Waals surface area (Å²) in [5.41, 5.74) is 1.59. The first kappa shape index (κ1) is 15.8. The molecule has 23 heavy (non-hydrogen) atoms. The van der Waals surface area contributed by atoms with Gasteiger partial charge in [-0.2, -0.15) is 0 Å². The lowest BCUT2D eigenvalue weighted by atomic mass is 10.0.